The highest BCUT2D eigenvalue weighted by Crippen LogP contribution is 2.10. The lowest BCUT2D eigenvalue weighted by Gasteiger charge is -2.09. The van der Waals surface area contributed by atoms with Gasteiger partial charge in [0.25, 0.3) is 11.5 Å². The number of amides is 1. The highest BCUT2D eigenvalue weighted by Gasteiger charge is 2.11. The van der Waals surface area contributed by atoms with Crippen molar-refractivity contribution >= 4 is 11.6 Å². The molecule has 0 bridgehead atoms. The summed E-state index contributed by atoms with van der Waals surface area (Å²) in [6.45, 7) is 8.40. The normalized spacial score (nSPS) is 9.76. The van der Waals surface area contributed by atoms with Crippen molar-refractivity contribution in [1.82, 2.24) is 9.13 Å². The van der Waals surface area contributed by atoms with Crippen LogP contribution in [0.3, 0.4) is 0 Å². The van der Waals surface area contributed by atoms with Crippen LogP contribution in [0.25, 0.3) is 0 Å². The van der Waals surface area contributed by atoms with Crippen LogP contribution in [-0.4, -0.2) is 15.0 Å². The van der Waals surface area contributed by atoms with E-state index in [2.05, 4.69) is 5.32 Å². The van der Waals surface area contributed by atoms with Crippen LogP contribution in [0.1, 0.15) is 37.0 Å². The van der Waals surface area contributed by atoms with Crippen LogP contribution in [-0.2, 0) is 13.6 Å². The highest BCUT2D eigenvalue weighted by molar-refractivity contribution is 6.03. The molecule has 0 saturated heterocycles. The van der Waals surface area contributed by atoms with E-state index in [1.54, 1.807) is 22.9 Å². The molecule has 1 amide bonds. The molecule has 0 unspecified atom stereocenters. The van der Waals surface area contributed by atoms with Crippen molar-refractivity contribution in [3.8, 4) is 0 Å². The molecule has 2 rings (SSSR count). The summed E-state index contributed by atoms with van der Waals surface area (Å²) in [6, 6.07) is 6.74. The van der Waals surface area contributed by atoms with Crippen molar-refractivity contribution < 1.29 is 4.79 Å². The van der Waals surface area contributed by atoms with Gasteiger partial charge in [0, 0.05) is 31.5 Å². The lowest BCUT2D eigenvalue weighted by Crippen LogP contribution is -2.20. The van der Waals surface area contributed by atoms with Crippen LogP contribution < -0.4 is 10.9 Å². The molecule has 5 heteroatoms. The molecule has 1 N–H and O–H groups in total. The number of nitrogens with zero attached hydrogens (tertiary/aromatic N) is 2. The maximum Gasteiger partial charge on any atom is 0.272 e. The third kappa shape index (κ3) is 3.84. The van der Waals surface area contributed by atoms with Gasteiger partial charge >= 0.3 is 0 Å². The molecule has 2 aromatic rings. The topological polar surface area (TPSA) is 56.0 Å². The number of hydrogen-bond donors (Lipinski definition) is 1. The van der Waals surface area contributed by atoms with Crippen LogP contribution in [0.5, 0.6) is 0 Å². The zero-order valence-electron chi connectivity index (χ0n) is 13.3. The zero-order chi connectivity index (χ0) is 16.0. The van der Waals surface area contributed by atoms with Gasteiger partial charge in [0.1, 0.15) is 5.69 Å². The second-order valence-electron chi connectivity index (χ2n) is 4.42. The van der Waals surface area contributed by atoms with Crippen LogP contribution in [0.2, 0.25) is 0 Å². The van der Waals surface area contributed by atoms with Crippen molar-refractivity contribution in [2.75, 3.05) is 5.32 Å². The van der Waals surface area contributed by atoms with Gasteiger partial charge in [-0.2, -0.15) is 0 Å². The van der Waals surface area contributed by atoms with Crippen molar-refractivity contribution in [3.63, 3.8) is 0 Å². The van der Waals surface area contributed by atoms with E-state index in [0.29, 0.717) is 17.9 Å². The molecule has 0 aliphatic rings. The number of aryl methyl sites for hydroxylation is 2. The number of nitrogens with one attached hydrogen (secondary N) is 1. The van der Waals surface area contributed by atoms with Gasteiger partial charge in [0.2, 0.25) is 0 Å². The van der Waals surface area contributed by atoms with E-state index < -0.39 is 0 Å². The smallest absolute Gasteiger partial charge is 0.272 e. The van der Waals surface area contributed by atoms with E-state index >= 15 is 0 Å². The van der Waals surface area contributed by atoms with E-state index in [9.17, 15) is 9.59 Å². The lowest BCUT2D eigenvalue weighted by atomic mass is 10.3. The minimum Gasteiger partial charge on any atom is -0.344 e. The second kappa shape index (κ2) is 7.47. The highest BCUT2D eigenvalue weighted by atomic mass is 16.2. The Balaban J connectivity index is 0.00000106. The second-order valence-corrected chi connectivity index (χ2v) is 4.42. The summed E-state index contributed by atoms with van der Waals surface area (Å²) in [5, 5.41) is 2.79. The van der Waals surface area contributed by atoms with Crippen LogP contribution >= 0.6 is 0 Å². The number of pyridine rings is 1. The molecule has 0 aliphatic carbocycles. The van der Waals surface area contributed by atoms with Gasteiger partial charge in [-0.3, -0.25) is 9.59 Å². The van der Waals surface area contributed by atoms with Gasteiger partial charge in [-0.25, -0.2) is 0 Å². The Morgan fingerprint density at radius 3 is 2.38 bits per heavy atom. The van der Waals surface area contributed by atoms with Crippen molar-refractivity contribution in [2.24, 2.45) is 7.05 Å². The number of carbonyl (C=O) groups excluding carboxylic acids is 1. The predicted molar refractivity (Wildman–Crippen MR) is 85.8 cm³/mol. The third-order valence-corrected chi connectivity index (χ3v) is 3.19. The number of aromatic nitrogens is 2. The molecule has 2 aromatic heterocycles. The van der Waals surface area contributed by atoms with Gasteiger partial charge in [-0.15, -0.1) is 0 Å². The first kappa shape index (κ1) is 16.8. The minimum atomic E-state index is -0.183. The molecule has 0 radical (unpaired) electrons. The number of anilines is 1. The maximum absolute atomic E-state index is 12.1. The molecule has 0 fully saturated rings. The molecule has 0 atom stereocenters. The standard InChI is InChI=1S/C14H17N3O2.C2H6/c1-4-17-9-11(6-8-13(17)18)15-14(19)12-7-5-10(2)16(12)3;1-2/h5-9H,4H2,1-3H3,(H,15,19);1-2H3. The number of hydrogen-bond acceptors (Lipinski definition) is 2. The summed E-state index contributed by atoms with van der Waals surface area (Å²) >= 11 is 0. The minimum absolute atomic E-state index is 0.0739. The largest absolute Gasteiger partial charge is 0.344 e. The van der Waals surface area contributed by atoms with Gasteiger partial charge < -0.3 is 14.5 Å². The Morgan fingerprint density at radius 2 is 1.86 bits per heavy atom. The van der Waals surface area contributed by atoms with Crippen LogP contribution in [0.15, 0.2) is 35.3 Å². The van der Waals surface area contributed by atoms with E-state index in [1.807, 2.05) is 45.4 Å². The van der Waals surface area contributed by atoms with Gasteiger partial charge in [0.15, 0.2) is 0 Å². The zero-order valence-corrected chi connectivity index (χ0v) is 13.3. The van der Waals surface area contributed by atoms with Crippen LogP contribution in [0.4, 0.5) is 5.69 Å². The fraction of sp³-hybridized carbons (Fsp3) is 0.375. The Morgan fingerprint density at radius 1 is 1.19 bits per heavy atom. The Bertz CT molecular complexity index is 668. The fourth-order valence-electron chi connectivity index (χ4n) is 1.89. The summed E-state index contributed by atoms with van der Waals surface area (Å²) in [5.41, 5.74) is 2.15. The molecule has 114 valence electrons. The Kier molecular flexibility index (Phi) is 5.96. The molecule has 0 aliphatic heterocycles. The summed E-state index contributed by atoms with van der Waals surface area (Å²) in [5.74, 6) is -0.183. The summed E-state index contributed by atoms with van der Waals surface area (Å²) < 4.78 is 3.37. The number of carbonyl (C=O) groups is 1. The molecule has 0 saturated carbocycles. The van der Waals surface area contributed by atoms with E-state index in [0.717, 1.165) is 5.69 Å². The first-order chi connectivity index (χ1) is 10.0. The van der Waals surface area contributed by atoms with Gasteiger partial charge in [-0.05, 0) is 32.0 Å². The van der Waals surface area contributed by atoms with Crippen molar-refractivity contribution in [1.29, 1.82) is 0 Å². The SMILES string of the molecule is CC.CCn1cc(NC(=O)c2ccc(C)n2C)ccc1=O. The molecular weight excluding hydrogens is 266 g/mol. The molecule has 0 aromatic carbocycles. The quantitative estimate of drug-likeness (QED) is 0.944. The molecule has 5 nitrogen and oxygen atoms in total. The van der Waals surface area contributed by atoms with Gasteiger partial charge in [0.05, 0.1) is 5.69 Å². The first-order valence-corrected chi connectivity index (χ1v) is 7.17. The van der Waals surface area contributed by atoms with Gasteiger partial charge in [-0.1, -0.05) is 13.8 Å². The fourth-order valence-corrected chi connectivity index (χ4v) is 1.89. The predicted octanol–water partition coefficient (Wildman–Crippen LogP) is 2.79. The monoisotopic (exact) mass is 289 g/mol. The van der Waals surface area contributed by atoms with E-state index in [-0.39, 0.29) is 11.5 Å². The molecule has 0 spiro atoms. The molecular formula is C16H23N3O2. The molecule has 21 heavy (non-hydrogen) atoms. The van der Waals surface area contributed by atoms with Crippen molar-refractivity contribution in [3.05, 3.63) is 52.2 Å². The Hall–Kier alpha value is -2.30. The van der Waals surface area contributed by atoms with Crippen LogP contribution in [0, 0.1) is 6.92 Å². The number of rotatable bonds is 3. The lowest BCUT2D eigenvalue weighted by molar-refractivity contribution is 0.101. The average Bonchev–Trinajstić information content (AvgIpc) is 2.83. The Labute approximate surface area is 125 Å². The summed E-state index contributed by atoms with van der Waals surface area (Å²) in [4.78, 5) is 23.6. The summed E-state index contributed by atoms with van der Waals surface area (Å²) in [6.07, 6.45) is 1.65. The van der Waals surface area contributed by atoms with E-state index in [4.69, 9.17) is 0 Å². The molecule has 2 heterocycles. The average molecular weight is 289 g/mol. The third-order valence-electron chi connectivity index (χ3n) is 3.19. The van der Waals surface area contributed by atoms with Crippen molar-refractivity contribution in [2.45, 2.75) is 34.2 Å². The van der Waals surface area contributed by atoms with E-state index in [1.165, 1.54) is 6.07 Å². The first-order valence-electron chi connectivity index (χ1n) is 7.17. The summed E-state index contributed by atoms with van der Waals surface area (Å²) in [7, 11) is 1.84. The maximum atomic E-state index is 12.1.